The highest BCUT2D eigenvalue weighted by Crippen LogP contribution is 2.46. The van der Waals surface area contributed by atoms with Gasteiger partial charge in [-0.25, -0.2) is 4.39 Å². The lowest BCUT2D eigenvalue weighted by Crippen LogP contribution is -2.15. The van der Waals surface area contributed by atoms with E-state index >= 15 is 0 Å². The fraction of sp³-hybridized carbons (Fsp3) is 0.208. The number of hydrogen-bond acceptors (Lipinski definition) is 8. The van der Waals surface area contributed by atoms with Crippen molar-refractivity contribution in [3.05, 3.63) is 63.6 Å². The zero-order valence-corrected chi connectivity index (χ0v) is 20.5. The van der Waals surface area contributed by atoms with E-state index in [4.69, 9.17) is 23.4 Å². The van der Waals surface area contributed by atoms with Gasteiger partial charge in [0.05, 0.1) is 33.8 Å². The number of methoxy groups -OCH3 is 4. The Hall–Kier alpha value is -4.03. The number of nitrogens with one attached hydrogen (secondary N) is 1. The predicted molar refractivity (Wildman–Crippen MR) is 131 cm³/mol. The molecule has 12 heteroatoms. The zero-order valence-electron chi connectivity index (χ0n) is 19.7. The molecule has 1 aromatic heterocycles. The Morgan fingerprint density at radius 3 is 2.11 bits per heavy atom. The second-order valence-corrected chi connectivity index (χ2v) is 8.79. The van der Waals surface area contributed by atoms with E-state index < -0.39 is 21.6 Å². The predicted octanol–water partition coefficient (Wildman–Crippen LogP) is 3.93. The van der Waals surface area contributed by atoms with E-state index in [0.717, 1.165) is 0 Å². The number of hydrogen-bond donors (Lipinski definition) is 2. The molecule has 0 spiro atoms. The van der Waals surface area contributed by atoms with Crippen molar-refractivity contribution in [1.29, 1.82) is 0 Å². The molecule has 0 amide bonds. The van der Waals surface area contributed by atoms with Crippen LogP contribution in [0.3, 0.4) is 0 Å². The molecule has 36 heavy (non-hydrogen) atoms. The van der Waals surface area contributed by atoms with Crippen molar-refractivity contribution in [1.82, 2.24) is 0 Å². The van der Waals surface area contributed by atoms with Gasteiger partial charge in [-0.3, -0.25) is 14.1 Å². The van der Waals surface area contributed by atoms with Crippen molar-refractivity contribution in [3.63, 3.8) is 0 Å². The van der Waals surface area contributed by atoms with Crippen LogP contribution in [0.25, 0.3) is 21.9 Å². The molecular formula is C24H22FNO9S. The fourth-order valence-corrected chi connectivity index (χ4v) is 4.48. The van der Waals surface area contributed by atoms with Gasteiger partial charge in [-0.05, 0) is 23.8 Å². The molecule has 0 aliphatic carbocycles. The highest BCUT2D eigenvalue weighted by Gasteiger charge is 2.28. The van der Waals surface area contributed by atoms with Crippen LogP contribution < -0.4 is 29.1 Å². The molecule has 0 aliphatic heterocycles. The van der Waals surface area contributed by atoms with Crippen molar-refractivity contribution in [2.24, 2.45) is 0 Å². The summed E-state index contributed by atoms with van der Waals surface area (Å²) in [5.74, 6) is -0.155. The topological polar surface area (TPSA) is 134 Å². The summed E-state index contributed by atoms with van der Waals surface area (Å²) in [6, 6.07) is 8.47. The van der Waals surface area contributed by atoms with E-state index in [2.05, 4.69) is 0 Å². The zero-order chi connectivity index (χ0) is 26.2. The number of benzene rings is 3. The van der Waals surface area contributed by atoms with E-state index in [9.17, 15) is 22.2 Å². The molecule has 190 valence electrons. The molecule has 0 fully saturated rings. The van der Waals surface area contributed by atoms with E-state index in [-0.39, 0.29) is 56.9 Å². The van der Waals surface area contributed by atoms with Gasteiger partial charge < -0.3 is 23.4 Å². The number of ether oxygens (including phenoxy) is 4. The first kappa shape index (κ1) is 25.1. The molecule has 0 atom stereocenters. The van der Waals surface area contributed by atoms with E-state index in [1.807, 2.05) is 4.72 Å². The SMILES string of the molecule is COc1cc2oc3c(Cc4ccc(F)cc4)c(OC)c(NS(=O)(=O)O)c(OC)c3c(=O)c2cc1OC. The molecule has 4 rings (SSSR count). The highest BCUT2D eigenvalue weighted by atomic mass is 32.2. The molecule has 0 aliphatic rings. The highest BCUT2D eigenvalue weighted by molar-refractivity contribution is 7.87. The summed E-state index contributed by atoms with van der Waals surface area (Å²) in [5.41, 5.74) is 0.183. The minimum Gasteiger partial charge on any atom is -0.494 e. The molecule has 2 N–H and O–H groups in total. The Kier molecular flexibility index (Phi) is 6.65. The second kappa shape index (κ2) is 9.55. The maximum Gasteiger partial charge on any atom is 0.357 e. The largest absolute Gasteiger partial charge is 0.494 e. The second-order valence-electron chi connectivity index (χ2n) is 7.64. The first-order chi connectivity index (χ1) is 17.1. The molecule has 1 heterocycles. The third kappa shape index (κ3) is 4.48. The molecule has 0 radical (unpaired) electrons. The average Bonchev–Trinajstić information content (AvgIpc) is 2.84. The van der Waals surface area contributed by atoms with Gasteiger partial charge in [0.1, 0.15) is 28.1 Å². The van der Waals surface area contributed by atoms with Crippen molar-refractivity contribution >= 4 is 37.9 Å². The molecule has 3 aromatic carbocycles. The monoisotopic (exact) mass is 519 g/mol. The minimum atomic E-state index is -4.81. The first-order valence-corrected chi connectivity index (χ1v) is 11.8. The van der Waals surface area contributed by atoms with E-state index in [0.29, 0.717) is 11.3 Å². The summed E-state index contributed by atoms with van der Waals surface area (Å²) in [4.78, 5) is 13.7. The van der Waals surface area contributed by atoms with Gasteiger partial charge in [-0.15, -0.1) is 0 Å². The smallest absolute Gasteiger partial charge is 0.357 e. The van der Waals surface area contributed by atoms with Crippen LogP contribution in [-0.2, 0) is 16.7 Å². The molecular weight excluding hydrogens is 497 g/mol. The third-order valence-corrected chi connectivity index (χ3v) is 6.02. The van der Waals surface area contributed by atoms with Crippen molar-refractivity contribution in [2.45, 2.75) is 6.42 Å². The molecule has 0 bridgehead atoms. The van der Waals surface area contributed by atoms with Gasteiger partial charge in [0.2, 0.25) is 5.43 Å². The third-order valence-electron chi connectivity index (χ3n) is 5.56. The lowest BCUT2D eigenvalue weighted by atomic mass is 9.98. The Bertz CT molecular complexity index is 1630. The van der Waals surface area contributed by atoms with Gasteiger partial charge in [0.15, 0.2) is 23.0 Å². The molecule has 0 saturated heterocycles. The number of halogens is 1. The summed E-state index contributed by atoms with van der Waals surface area (Å²) >= 11 is 0. The van der Waals surface area contributed by atoms with Crippen LogP contribution in [0.2, 0.25) is 0 Å². The van der Waals surface area contributed by atoms with Crippen LogP contribution in [0.4, 0.5) is 10.1 Å². The summed E-state index contributed by atoms with van der Waals surface area (Å²) in [5, 5.41) is -0.00423. The lowest BCUT2D eigenvalue weighted by molar-refractivity contribution is 0.355. The number of anilines is 1. The Morgan fingerprint density at radius 2 is 1.56 bits per heavy atom. The van der Waals surface area contributed by atoms with Gasteiger partial charge >= 0.3 is 10.3 Å². The summed E-state index contributed by atoms with van der Waals surface area (Å²) < 4.78 is 76.3. The van der Waals surface area contributed by atoms with Gasteiger partial charge in [-0.2, -0.15) is 8.42 Å². The molecule has 0 unspecified atom stereocenters. The minimum absolute atomic E-state index is 0.0404. The normalized spacial score (nSPS) is 11.5. The van der Waals surface area contributed by atoms with Crippen molar-refractivity contribution in [2.75, 3.05) is 33.2 Å². The average molecular weight is 520 g/mol. The quantitative estimate of drug-likeness (QED) is 0.262. The van der Waals surface area contributed by atoms with E-state index in [1.54, 1.807) is 0 Å². The van der Waals surface area contributed by atoms with Gasteiger partial charge in [-0.1, -0.05) is 12.1 Å². The number of rotatable bonds is 8. The fourth-order valence-electron chi connectivity index (χ4n) is 4.04. The van der Waals surface area contributed by atoms with Gasteiger partial charge in [0, 0.05) is 18.1 Å². The van der Waals surface area contributed by atoms with Crippen molar-refractivity contribution in [3.8, 4) is 23.0 Å². The van der Waals surface area contributed by atoms with Gasteiger partial charge in [0.25, 0.3) is 0 Å². The summed E-state index contributed by atoms with van der Waals surface area (Å²) in [6.07, 6.45) is 0.0475. The van der Waals surface area contributed by atoms with Crippen LogP contribution in [-0.4, -0.2) is 41.4 Å². The van der Waals surface area contributed by atoms with Crippen molar-refractivity contribution < 1.29 is 40.7 Å². The lowest BCUT2D eigenvalue weighted by Gasteiger charge is -2.20. The maximum absolute atomic E-state index is 13.7. The van der Waals surface area contributed by atoms with Crippen LogP contribution >= 0.6 is 0 Å². The molecule has 4 aromatic rings. The Labute approximate surface area is 205 Å². The number of fused-ring (bicyclic) bond motifs is 2. The molecule has 10 nitrogen and oxygen atoms in total. The molecule has 0 saturated carbocycles. The Balaban J connectivity index is 2.19. The standard InChI is InChI=1S/C24H22FNO9S/c1-31-17-10-14-16(11-18(17)32-2)35-22-15(9-12-5-7-13(25)8-6-12)23(33-3)20(26-36(28,29)30)24(34-4)19(22)21(14)27/h5-8,10-11,26H,9H2,1-4H3,(H,28,29,30). The van der Waals surface area contributed by atoms with E-state index in [1.165, 1.54) is 64.8 Å². The van der Waals surface area contributed by atoms with Crippen LogP contribution in [0.5, 0.6) is 23.0 Å². The first-order valence-electron chi connectivity index (χ1n) is 10.4. The van der Waals surface area contributed by atoms with Crippen LogP contribution in [0, 0.1) is 5.82 Å². The maximum atomic E-state index is 13.7. The summed E-state index contributed by atoms with van der Waals surface area (Å²) in [7, 11) is 0.530. The Morgan fingerprint density at radius 1 is 0.944 bits per heavy atom. The van der Waals surface area contributed by atoms with Crippen LogP contribution in [0.15, 0.2) is 45.6 Å². The van der Waals surface area contributed by atoms with Crippen LogP contribution in [0.1, 0.15) is 11.1 Å². The summed E-state index contributed by atoms with van der Waals surface area (Å²) in [6.45, 7) is 0.